The van der Waals surface area contributed by atoms with E-state index in [9.17, 15) is 0 Å². The molecule has 140 valence electrons. The largest absolute Gasteiger partial charge is 0.497 e. The monoisotopic (exact) mass is 362 g/mol. The molecule has 3 aromatic rings. The Hall–Kier alpha value is -3.08. The third kappa shape index (κ3) is 5.20. The highest BCUT2D eigenvalue weighted by atomic mass is 16.5. The summed E-state index contributed by atoms with van der Waals surface area (Å²) in [5.41, 5.74) is 5.59. The highest BCUT2D eigenvalue weighted by Gasteiger charge is 2.05. The Morgan fingerprint density at radius 3 is 2.63 bits per heavy atom. The second-order valence-corrected chi connectivity index (χ2v) is 6.69. The van der Waals surface area contributed by atoms with Crippen LogP contribution in [0.3, 0.4) is 0 Å². The van der Waals surface area contributed by atoms with Gasteiger partial charge in [-0.3, -0.25) is 0 Å². The molecular weight excluding hydrogens is 336 g/mol. The van der Waals surface area contributed by atoms with Crippen molar-refractivity contribution in [2.45, 2.75) is 27.2 Å². The first-order valence-corrected chi connectivity index (χ1v) is 9.10. The van der Waals surface area contributed by atoms with Crippen LogP contribution in [0.2, 0.25) is 0 Å². The third-order valence-corrected chi connectivity index (χ3v) is 4.34. The average Bonchev–Trinajstić information content (AvgIpc) is 2.64. The molecule has 1 aromatic heterocycles. The second kappa shape index (κ2) is 8.54. The molecule has 0 bridgehead atoms. The van der Waals surface area contributed by atoms with Gasteiger partial charge in [0.2, 0.25) is 5.95 Å². The molecule has 0 amide bonds. The Kier molecular flexibility index (Phi) is 5.91. The van der Waals surface area contributed by atoms with E-state index in [1.807, 2.05) is 31.2 Å². The van der Waals surface area contributed by atoms with Crippen molar-refractivity contribution in [3.8, 4) is 5.75 Å². The van der Waals surface area contributed by atoms with Gasteiger partial charge >= 0.3 is 0 Å². The van der Waals surface area contributed by atoms with Crippen LogP contribution in [0.25, 0.3) is 0 Å². The predicted molar refractivity (Wildman–Crippen MR) is 111 cm³/mol. The minimum absolute atomic E-state index is 0.630. The van der Waals surface area contributed by atoms with Gasteiger partial charge in [-0.05, 0) is 62.1 Å². The van der Waals surface area contributed by atoms with Crippen LogP contribution in [0, 0.1) is 20.8 Å². The number of benzene rings is 2. The SMILES string of the molecule is COc1cccc(CCNc2nc(C)cc(Nc3cc(C)ccc3C)n2)c1. The van der Waals surface area contributed by atoms with Gasteiger partial charge in [0.05, 0.1) is 7.11 Å². The van der Waals surface area contributed by atoms with Crippen LogP contribution < -0.4 is 15.4 Å². The summed E-state index contributed by atoms with van der Waals surface area (Å²) in [5, 5.41) is 6.73. The minimum atomic E-state index is 0.630. The van der Waals surface area contributed by atoms with Crippen LogP contribution in [0.1, 0.15) is 22.4 Å². The minimum Gasteiger partial charge on any atom is -0.497 e. The summed E-state index contributed by atoms with van der Waals surface area (Å²) in [6, 6.07) is 16.4. The Bertz CT molecular complexity index is 924. The second-order valence-electron chi connectivity index (χ2n) is 6.69. The van der Waals surface area contributed by atoms with Crippen molar-refractivity contribution in [2.75, 3.05) is 24.3 Å². The maximum absolute atomic E-state index is 5.27. The Morgan fingerprint density at radius 1 is 0.963 bits per heavy atom. The lowest BCUT2D eigenvalue weighted by atomic mass is 10.1. The van der Waals surface area contributed by atoms with E-state index >= 15 is 0 Å². The third-order valence-electron chi connectivity index (χ3n) is 4.34. The fourth-order valence-corrected chi connectivity index (χ4v) is 2.87. The van der Waals surface area contributed by atoms with Crippen LogP contribution in [-0.2, 0) is 6.42 Å². The lowest BCUT2D eigenvalue weighted by Crippen LogP contribution is -2.10. The van der Waals surface area contributed by atoms with Gasteiger partial charge in [-0.2, -0.15) is 4.98 Å². The molecule has 0 aliphatic rings. The van der Waals surface area contributed by atoms with Crippen LogP contribution in [-0.4, -0.2) is 23.6 Å². The number of nitrogens with one attached hydrogen (secondary N) is 2. The molecule has 0 aliphatic carbocycles. The molecule has 0 radical (unpaired) electrons. The van der Waals surface area contributed by atoms with Crippen molar-refractivity contribution < 1.29 is 4.74 Å². The fourth-order valence-electron chi connectivity index (χ4n) is 2.87. The quantitative estimate of drug-likeness (QED) is 0.632. The zero-order valence-electron chi connectivity index (χ0n) is 16.3. The number of aromatic nitrogens is 2. The molecule has 3 rings (SSSR count). The van der Waals surface area contributed by atoms with Gasteiger partial charge in [0, 0.05) is 24.0 Å². The van der Waals surface area contributed by atoms with Gasteiger partial charge in [-0.15, -0.1) is 0 Å². The van der Waals surface area contributed by atoms with Gasteiger partial charge < -0.3 is 15.4 Å². The summed E-state index contributed by atoms with van der Waals surface area (Å²) in [7, 11) is 1.68. The summed E-state index contributed by atoms with van der Waals surface area (Å²) in [6.07, 6.45) is 0.869. The molecule has 5 heteroatoms. The van der Waals surface area contributed by atoms with Gasteiger partial charge in [-0.25, -0.2) is 4.98 Å². The molecule has 0 spiro atoms. The topological polar surface area (TPSA) is 59.1 Å². The lowest BCUT2D eigenvalue weighted by Gasteiger charge is -2.12. The summed E-state index contributed by atoms with van der Waals surface area (Å²) in [6.45, 7) is 6.90. The number of rotatable bonds is 7. The zero-order chi connectivity index (χ0) is 19.2. The van der Waals surface area contributed by atoms with Gasteiger partial charge in [0.1, 0.15) is 11.6 Å². The molecule has 0 saturated heterocycles. The zero-order valence-corrected chi connectivity index (χ0v) is 16.3. The lowest BCUT2D eigenvalue weighted by molar-refractivity contribution is 0.414. The molecule has 2 N–H and O–H groups in total. The number of hydrogen-bond donors (Lipinski definition) is 2. The van der Waals surface area contributed by atoms with Crippen molar-refractivity contribution in [1.29, 1.82) is 0 Å². The van der Waals surface area contributed by atoms with Crippen molar-refractivity contribution in [3.63, 3.8) is 0 Å². The molecule has 2 aromatic carbocycles. The standard InChI is InChI=1S/C22H26N4O/c1-15-8-9-16(2)20(12-15)25-21-13-17(3)24-22(26-21)23-11-10-18-6-5-7-19(14-18)27-4/h5-9,12-14H,10-11H2,1-4H3,(H2,23,24,25,26). The first-order chi connectivity index (χ1) is 13.0. The predicted octanol–water partition coefficient (Wildman–Crippen LogP) is 4.81. The normalized spacial score (nSPS) is 10.5. The summed E-state index contributed by atoms with van der Waals surface area (Å²) in [5.74, 6) is 2.30. The summed E-state index contributed by atoms with van der Waals surface area (Å²) in [4.78, 5) is 9.10. The summed E-state index contributed by atoms with van der Waals surface area (Å²) >= 11 is 0. The van der Waals surface area contributed by atoms with E-state index in [1.165, 1.54) is 16.7 Å². The number of ether oxygens (including phenoxy) is 1. The van der Waals surface area contributed by atoms with E-state index in [0.717, 1.165) is 35.9 Å². The molecular formula is C22H26N4O. The van der Waals surface area contributed by atoms with E-state index < -0.39 is 0 Å². The van der Waals surface area contributed by atoms with Crippen molar-refractivity contribution in [1.82, 2.24) is 9.97 Å². The number of hydrogen-bond acceptors (Lipinski definition) is 5. The van der Waals surface area contributed by atoms with E-state index in [-0.39, 0.29) is 0 Å². The maximum atomic E-state index is 5.27. The van der Waals surface area contributed by atoms with Gasteiger partial charge in [0.15, 0.2) is 0 Å². The molecule has 0 aliphatic heterocycles. The number of nitrogens with zero attached hydrogens (tertiary/aromatic N) is 2. The molecule has 0 unspecified atom stereocenters. The highest BCUT2D eigenvalue weighted by Crippen LogP contribution is 2.22. The first-order valence-electron chi connectivity index (χ1n) is 9.10. The van der Waals surface area contributed by atoms with E-state index in [2.05, 4.69) is 58.7 Å². The van der Waals surface area contributed by atoms with Gasteiger partial charge in [0.25, 0.3) is 0 Å². The van der Waals surface area contributed by atoms with Crippen LogP contribution in [0.4, 0.5) is 17.5 Å². The van der Waals surface area contributed by atoms with Crippen LogP contribution in [0.15, 0.2) is 48.5 Å². The Labute approximate surface area is 160 Å². The van der Waals surface area contributed by atoms with Crippen LogP contribution >= 0.6 is 0 Å². The highest BCUT2D eigenvalue weighted by molar-refractivity contribution is 5.62. The van der Waals surface area contributed by atoms with Crippen molar-refractivity contribution in [2.24, 2.45) is 0 Å². The Balaban J connectivity index is 1.67. The average molecular weight is 362 g/mol. The Morgan fingerprint density at radius 2 is 1.81 bits per heavy atom. The van der Waals surface area contributed by atoms with E-state index in [4.69, 9.17) is 4.74 Å². The van der Waals surface area contributed by atoms with Gasteiger partial charge in [-0.1, -0.05) is 24.3 Å². The summed E-state index contributed by atoms with van der Waals surface area (Å²) < 4.78 is 5.27. The molecule has 1 heterocycles. The molecule has 0 fully saturated rings. The molecule has 0 atom stereocenters. The number of aryl methyl sites for hydroxylation is 3. The maximum Gasteiger partial charge on any atom is 0.224 e. The smallest absolute Gasteiger partial charge is 0.224 e. The molecule has 27 heavy (non-hydrogen) atoms. The molecule has 0 saturated carbocycles. The fraction of sp³-hybridized carbons (Fsp3) is 0.273. The van der Waals surface area contributed by atoms with Crippen molar-refractivity contribution in [3.05, 3.63) is 70.9 Å². The molecule has 5 nitrogen and oxygen atoms in total. The number of anilines is 3. The first kappa shape index (κ1) is 18.7. The number of methoxy groups -OCH3 is 1. The van der Waals surface area contributed by atoms with E-state index in [0.29, 0.717) is 5.95 Å². The van der Waals surface area contributed by atoms with Crippen LogP contribution in [0.5, 0.6) is 5.75 Å². The van der Waals surface area contributed by atoms with Crippen molar-refractivity contribution >= 4 is 17.5 Å². The van der Waals surface area contributed by atoms with E-state index in [1.54, 1.807) is 7.11 Å².